The normalized spacial score (nSPS) is 24.8. The van der Waals surface area contributed by atoms with Crippen molar-refractivity contribution >= 4 is 11.8 Å². The van der Waals surface area contributed by atoms with Crippen LogP contribution in [0.15, 0.2) is 0 Å². The predicted molar refractivity (Wildman–Crippen MR) is 43.5 cm³/mol. The summed E-state index contributed by atoms with van der Waals surface area (Å²) < 4.78 is 4.41. The second kappa shape index (κ2) is 2.88. The van der Waals surface area contributed by atoms with E-state index in [9.17, 15) is 9.59 Å². The van der Waals surface area contributed by atoms with Crippen LogP contribution in [0.25, 0.3) is 0 Å². The zero-order chi connectivity index (χ0) is 9.35. The second-order valence-electron chi connectivity index (χ2n) is 3.96. The minimum atomic E-state index is -0.428. The quantitative estimate of drug-likeness (QED) is 0.471. The first-order valence-corrected chi connectivity index (χ1v) is 4.07. The molecule has 1 saturated carbocycles. The van der Waals surface area contributed by atoms with Crippen molar-refractivity contribution in [3.63, 3.8) is 0 Å². The van der Waals surface area contributed by atoms with Crippen LogP contribution in [-0.4, -0.2) is 18.9 Å². The molecule has 1 fully saturated rings. The number of carbonyl (C=O) groups excluding carboxylic acids is 2. The fourth-order valence-electron chi connectivity index (χ4n) is 1.35. The van der Waals surface area contributed by atoms with Crippen molar-refractivity contribution in [3.05, 3.63) is 0 Å². The molecule has 12 heavy (non-hydrogen) atoms. The maximum absolute atomic E-state index is 11.3. The molecule has 0 bridgehead atoms. The number of rotatable bonds is 3. The molecule has 0 unspecified atom stereocenters. The van der Waals surface area contributed by atoms with Gasteiger partial charge in [-0.25, -0.2) is 0 Å². The van der Waals surface area contributed by atoms with Crippen molar-refractivity contribution in [3.8, 4) is 0 Å². The molecular formula is C9H14O3. The van der Waals surface area contributed by atoms with E-state index >= 15 is 0 Å². The number of hydrogen-bond acceptors (Lipinski definition) is 3. The van der Waals surface area contributed by atoms with Gasteiger partial charge in [0.15, 0.2) is 0 Å². The van der Waals surface area contributed by atoms with Crippen LogP contribution in [0.3, 0.4) is 0 Å². The Morgan fingerprint density at radius 3 is 2.33 bits per heavy atom. The fraction of sp³-hybridized carbons (Fsp3) is 0.778. The van der Waals surface area contributed by atoms with Gasteiger partial charge < -0.3 is 4.74 Å². The molecule has 1 aliphatic carbocycles. The van der Waals surface area contributed by atoms with Crippen LogP contribution in [-0.2, 0) is 14.3 Å². The third-order valence-electron chi connectivity index (χ3n) is 2.45. The van der Waals surface area contributed by atoms with Gasteiger partial charge in [-0.3, -0.25) is 9.59 Å². The van der Waals surface area contributed by atoms with E-state index in [4.69, 9.17) is 0 Å². The monoisotopic (exact) mass is 170 g/mol. The second-order valence-corrected chi connectivity index (χ2v) is 3.96. The van der Waals surface area contributed by atoms with Crippen LogP contribution in [0.2, 0.25) is 0 Å². The lowest BCUT2D eigenvalue weighted by molar-refractivity contribution is -0.143. The molecule has 0 N–H and O–H groups in total. The van der Waals surface area contributed by atoms with Crippen LogP contribution < -0.4 is 0 Å². The van der Waals surface area contributed by atoms with Gasteiger partial charge in [-0.15, -0.1) is 0 Å². The molecule has 1 rings (SSSR count). The van der Waals surface area contributed by atoms with E-state index in [-0.39, 0.29) is 23.5 Å². The zero-order valence-corrected chi connectivity index (χ0v) is 7.72. The van der Waals surface area contributed by atoms with Gasteiger partial charge in [-0.05, 0) is 11.8 Å². The van der Waals surface area contributed by atoms with Crippen molar-refractivity contribution in [2.75, 3.05) is 7.11 Å². The summed E-state index contributed by atoms with van der Waals surface area (Å²) in [6.45, 7) is 4.07. The average Bonchev–Trinajstić information content (AvgIpc) is 2.59. The van der Waals surface area contributed by atoms with E-state index in [0.717, 1.165) is 6.42 Å². The summed E-state index contributed by atoms with van der Waals surface area (Å²) in [5.41, 5.74) is 0.116. The Morgan fingerprint density at radius 2 is 2.00 bits per heavy atom. The molecule has 0 heterocycles. The van der Waals surface area contributed by atoms with Gasteiger partial charge in [0.05, 0.1) is 7.11 Å². The van der Waals surface area contributed by atoms with Crippen molar-refractivity contribution in [2.45, 2.75) is 26.7 Å². The SMILES string of the molecule is COC(=O)CC(=O)[C@@H]1CC1(C)C. The first-order chi connectivity index (χ1) is 5.47. The lowest BCUT2D eigenvalue weighted by Crippen LogP contribution is -2.13. The molecule has 0 radical (unpaired) electrons. The summed E-state index contributed by atoms with van der Waals surface area (Å²) in [7, 11) is 1.30. The lowest BCUT2D eigenvalue weighted by Gasteiger charge is -2.00. The number of Topliss-reactive ketones (excluding diaryl/α,β-unsaturated/α-hetero) is 1. The van der Waals surface area contributed by atoms with Gasteiger partial charge in [-0.2, -0.15) is 0 Å². The summed E-state index contributed by atoms with van der Waals surface area (Å²) in [4.78, 5) is 22.0. The van der Waals surface area contributed by atoms with E-state index in [1.165, 1.54) is 7.11 Å². The molecule has 0 aromatic rings. The first-order valence-electron chi connectivity index (χ1n) is 4.07. The number of esters is 1. The highest BCUT2D eigenvalue weighted by atomic mass is 16.5. The number of carbonyl (C=O) groups is 2. The molecule has 68 valence electrons. The van der Waals surface area contributed by atoms with Crippen LogP contribution in [0.4, 0.5) is 0 Å². The number of ketones is 1. The largest absolute Gasteiger partial charge is 0.469 e. The highest BCUT2D eigenvalue weighted by Crippen LogP contribution is 2.52. The van der Waals surface area contributed by atoms with Crippen LogP contribution >= 0.6 is 0 Å². The molecule has 0 saturated heterocycles. The van der Waals surface area contributed by atoms with Gasteiger partial charge >= 0.3 is 5.97 Å². The van der Waals surface area contributed by atoms with Crippen molar-refractivity contribution in [2.24, 2.45) is 11.3 Å². The highest BCUT2D eigenvalue weighted by Gasteiger charge is 2.50. The summed E-state index contributed by atoms with van der Waals surface area (Å²) in [6.07, 6.45) is 0.841. The van der Waals surface area contributed by atoms with Crippen molar-refractivity contribution < 1.29 is 14.3 Å². The average molecular weight is 170 g/mol. The third-order valence-corrected chi connectivity index (χ3v) is 2.45. The van der Waals surface area contributed by atoms with E-state index in [2.05, 4.69) is 4.74 Å². The number of ether oxygens (including phenoxy) is 1. The molecule has 1 atom stereocenters. The number of methoxy groups -OCH3 is 1. The van der Waals surface area contributed by atoms with Crippen LogP contribution in [0, 0.1) is 11.3 Å². The van der Waals surface area contributed by atoms with E-state index in [0.29, 0.717) is 0 Å². The van der Waals surface area contributed by atoms with Gasteiger partial charge in [0.1, 0.15) is 12.2 Å². The maximum atomic E-state index is 11.3. The van der Waals surface area contributed by atoms with Crippen LogP contribution in [0.5, 0.6) is 0 Å². The van der Waals surface area contributed by atoms with E-state index < -0.39 is 5.97 Å². The molecular weight excluding hydrogens is 156 g/mol. The fourth-order valence-corrected chi connectivity index (χ4v) is 1.35. The Hall–Kier alpha value is -0.860. The Bertz CT molecular complexity index is 218. The Morgan fingerprint density at radius 1 is 1.50 bits per heavy atom. The highest BCUT2D eigenvalue weighted by molar-refractivity contribution is 5.98. The summed E-state index contributed by atoms with van der Waals surface area (Å²) in [6, 6.07) is 0. The molecule has 3 heteroatoms. The Kier molecular flexibility index (Phi) is 2.22. The number of hydrogen-bond donors (Lipinski definition) is 0. The summed E-state index contributed by atoms with van der Waals surface area (Å²) in [5.74, 6) is -0.328. The van der Waals surface area contributed by atoms with Gasteiger partial charge in [0, 0.05) is 5.92 Å². The molecule has 3 nitrogen and oxygen atoms in total. The zero-order valence-electron chi connectivity index (χ0n) is 7.72. The Labute approximate surface area is 72.1 Å². The lowest BCUT2D eigenvalue weighted by atomic mass is 10.1. The van der Waals surface area contributed by atoms with Crippen molar-refractivity contribution in [1.29, 1.82) is 0 Å². The van der Waals surface area contributed by atoms with Crippen LogP contribution in [0.1, 0.15) is 26.7 Å². The third kappa shape index (κ3) is 1.84. The predicted octanol–water partition coefficient (Wildman–Crippen LogP) is 1.16. The van der Waals surface area contributed by atoms with E-state index in [1.807, 2.05) is 13.8 Å². The van der Waals surface area contributed by atoms with Crippen molar-refractivity contribution in [1.82, 2.24) is 0 Å². The summed E-state index contributed by atoms with van der Waals surface area (Å²) in [5, 5.41) is 0. The molecule has 0 aromatic heterocycles. The molecule has 0 aliphatic heterocycles. The minimum absolute atomic E-state index is 0.0202. The summed E-state index contributed by atoms with van der Waals surface area (Å²) >= 11 is 0. The van der Waals surface area contributed by atoms with Gasteiger partial charge in [-0.1, -0.05) is 13.8 Å². The Balaban J connectivity index is 2.37. The molecule has 0 aromatic carbocycles. The van der Waals surface area contributed by atoms with E-state index in [1.54, 1.807) is 0 Å². The topological polar surface area (TPSA) is 43.4 Å². The van der Waals surface area contributed by atoms with Gasteiger partial charge in [0.25, 0.3) is 0 Å². The van der Waals surface area contributed by atoms with Gasteiger partial charge in [0.2, 0.25) is 0 Å². The molecule has 0 spiro atoms. The molecule has 1 aliphatic rings. The standard InChI is InChI=1S/C9H14O3/c1-9(2)5-6(9)7(10)4-8(11)12-3/h6H,4-5H2,1-3H3/t6-/m0/s1. The molecule has 0 amide bonds. The first kappa shape index (κ1) is 9.23. The maximum Gasteiger partial charge on any atom is 0.313 e. The smallest absolute Gasteiger partial charge is 0.313 e. The minimum Gasteiger partial charge on any atom is -0.469 e.